The molecule has 0 saturated carbocycles. The molecular weight excluding hydrogens is 584 g/mol. The smallest absolute Gasteiger partial charge is 0.328 e. The summed E-state index contributed by atoms with van der Waals surface area (Å²) in [6.45, 7) is 3.37. The van der Waals surface area contributed by atoms with Gasteiger partial charge in [-0.3, -0.25) is 14.4 Å². The van der Waals surface area contributed by atoms with Crippen LogP contribution < -0.4 is 10.6 Å². The first kappa shape index (κ1) is 43.3. The Bertz CT molecular complexity index is 844. The Hall–Kier alpha value is -2.68. The topological polar surface area (TPSA) is 142 Å². The molecule has 0 saturated heterocycles. The summed E-state index contributed by atoms with van der Waals surface area (Å²) in [6, 6.07) is -1.38. The van der Waals surface area contributed by atoms with E-state index in [9.17, 15) is 19.2 Å². The summed E-state index contributed by atoms with van der Waals surface area (Å²) in [5, 5.41) is 22.4. The predicted octanol–water partition coefficient (Wildman–Crippen LogP) is 7.70. The lowest BCUT2D eigenvalue weighted by Crippen LogP contribution is -2.47. The molecule has 4 N–H and O–H groups in total. The molecule has 0 aromatic rings. The number of allylic oxidation sites excluding steroid dienone is 4. The second kappa shape index (κ2) is 32.3. The van der Waals surface area contributed by atoms with Gasteiger partial charge in [0.2, 0.25) is 11.8 Å². The second-order valence-electron chi connectivity index (χ2n) is 12.3. The normalized spacial score (nSPS) is 12.8. The fourth-order valence-electron chi connectivity index (χ4n) is 5.08. The molecule has 0 rings (SSSR count). The van der Waals surface area contributed by atoms with Crippen LogP contribution in [0.25, 0.3) is 0 Å². The van der Waals surface area contributed by atoms with Crippen molar-refractivity contribution in [1.82, 2.24) is 10.6 Å². The van der Waals surface area contributed by atoms with Crippen molar-refractivity contribution in [3.8, 4) is 0 Å². The van der Waals surface area contributed by atoms with Crippen LogP contribution in [-0.2, 0) is 23.9 Å². The number of nitrogens with one attached hydrogen (secondary N) is 2. The SMILES string of the molecule is CCCC/C=C\C/C=C\CCCCCCCC(=O)OC(CCCCCCC)CCCCCCC(=O)NCC(=O)NC(CO)C(=O)O. The van der Waals surface area contributed by atoms with Gasteiger partial charge in [-0.05, 0) is 64.2 Å². The molecule has 0 heterocycles. The number of carboxylic acid groups (broad SMARTS) is 1. The van der Waals surface area contributed by atoms with E-state index < -0.39 is 24.5 Å². The van der Waals surface area contributed by atoms with Crippen molar-refractivity contribution in [2.24, 2.45) is 0 Å². The van der Waals surface area contributed by atoms with Crippen molar-refractivity contribution >= 4 is 23.8 Å². The van der Waals surface area contributed by atoms with Crippen LogP contribution in [0, 0.1) is 0 Å². The van der Waals surface area contributed by atoms with E-state index in [0.29, 0.717) is 12.8 Å². The van der Waals surface area contributed by atoms with Crippen LogP contribution in [0.4, 0.5) is 0 Å². The number of amides is 2. The van der Waals surface area contributed by atoms with Gasteiger partial charge in [-0.15, -0.1) is 0 Å². The van der Waals surface area contributed by atoms with E-state index in [1.165, 1.54) is 51.4 Å². The zero-order chi connectivity index (χ0) is 34.1. The Balaban J connectivity index is 4.15. The average molecular weight is 651 g/mol. The molecule has 9 nitrogen and oxygen atoms in total. The van der Waals surface area contributed by atoms with E-state index in [1.807, 2.05) is 0 Å². The van der Waals surface area contributed by atoms with Gasteiger partial charge in [0, 0.05) is 12.8 Å². The minimum Gasteiger partial charge on any atom is -0.480 e. The lowest BCUT2D eigenvalue weighted by molar-refractivity contribution is -0.150. The monoisotopic (exact) mass is 650 g/mol. The lowest BCUT2D eigenvalue weighted by atomic mass is 10.0. The number of hydrogen-bond acceptors (Lipinski definition) is 6. The molecule has 0 bridgehead atoms. The third kappa shape index (κ3) is 28.8. The number of aliphatic hydroxyl groups is 1. The number of esters is 1. The number of aliphatic hydroxyl groups excluding tert-OH is 1. The number of carboxylic acids is 1. The lowest BCUT2D eigenvalue weighted by Gasteiger charge is -2.18. The molecule has 266 valence electrons. The largest absolute Gasteiger partial charge is 0.480 e. The Labute approximate surface area is 279 Å². The summed E-state index contributed by atoms with van der Waals surface area (Å²) >= 11 is 0. The van der Waals surface area contributed by atoms with Crippen molar-refractivity contribution in [2.75, 3.05) is 13.2 Å². The number of rotatable bonds is 32. The number of carbonyl (C=O) groups is 4. The van der Waals surface area contributed by atoms with Crippen molar-refractivity contribution in [1.29, 1.82) is 0 Å². The maximum atomic E-state index is 12.6. The van der Waals surface area contributed by atoms with Gasteiger partial charge in [-0.25, -0.2) is 4.79 Å². The van der Waals surface area contributed by atoms with E-state index in [1.54, 1.807) is 0 Å². The Morgan fingerprint density at radius 1 is 0.652 bits per heavy atom. The summed E-state index contributed by atoms with van der Waals surface area (Å²) in [4.78, 5) is 47.2. The van der Waals surface area contributed by atoms with Gasteiger partial charge in [0.05, 0.1) is 13.2 Å². The summed E-state index contributed by atoms with van der Waals surface area (Å²) in [6.07, 6.45) is 32.1. The number of carbonyl (C=O) groups excluding carboxylic acids is 3. The molecule has 0 spiro atoms. The first-order chi connectivity index (χ1) is 22.3. The standard InChI is InChI=1S/C37H66N2O7/c1-3-5-7-9-10-11-12-13-14-15-16-17-19-25-29-36(43)46-32(26-22-18-8-6-4-2)27-23-20-21-24-28-34(41)38-30-35(42)39-33(31-40)37(44)45/h9-10,12-13,32-33,40H,3-8,11,14-31H2,1-2H3,(H,38,41)(H,39,42)(H,44,45)/b10-9-,13-12-. The number of hydrogen-bond donors (Lipinski definition) is 4. The summed E-state index contributed by atoms with van der Waals surface area (Å²) in [5.41, 5.74) is 0. The number of aliphatic carboxylic acids is 1. The Kier molecular flexibility index (Phi) is 30.4. The summed E-state index contributed by atoms with van der Waals surface area (Å²) in [5.74, 6) is -2.35. The van der Waals surface area contributed by atoms with Gasteiger partial charge in [-0.1, -0.05) is 109 Å². The van der Waals surface area contributed by atoms with E-state index in [4.69, 9.17) is 14.9 Å². The van der Waals surface area contributed by atoms with Crippen LogP contribution >= 0.6 is 0 Å². The van der Waals surface area contributed by atoms with Gasteiger partial charge in [0.1, 0.15) is 12.1 Å². The molecule has 0 fully saturated rings. The van der Waals surface area contributed by atoms with Crippen molar-refractivity contribution < 1.29 is 34.1 Å². The first-order valence-electron chi connectivity index (χ1n) is 18.2. The molecule has 46 heavy (non-hydrogen) atoms. The van der Waals surface area contributed by atoms with E-state index >= 15 is 0 Å². The van der Waals surface area contributed by atoms with Gasteiger partial charge in [0.25, 0.3) is 0 Å². The van der Waals surface area contributed by atoms with Crippen LogP contribution in [0.2, 0.25) is 0 Å². The minimum absolute atomic E-state index is 0.0437. The van der Waals surface area contributed by atoms with Crippen LogP contribution in [0.3, 0.4) is 0 Å². The van der Waals surface area contributed by atoms with Crippen LogP contribution in [0.15, 0.2) is 24.3 Å². The number of ether oxygens (including phenoxy) is 1. The summed E-state index contributed by atoms with van der Waals surface area (Å²) < 4.78 is 5.91. The quantitative estimate of drug-likeness (QED) is 0.0332. The molecule has 2 atom stereocenters. The molecule has 2 unspecified atom stereocenters. The maximum absolute atomic E-state index is 12.6. The van der Waals surface area contributed by atoms with Crippen molar-refractivity contribution in [2.45, 2.75) is 174 Å². The van der Waals surface area contributed by atoms with E-state index in [2.05, 4.69) is 48.8 Å². The predicted molar refractivity (Wildman–Crippen MR) is 185 cm³/mol. The Morgan fingerprint density at radius 2 is 1.20 bits per heavy atom. The first-order valence-corrected chi connectivity index (χ1v) is 18.2. The molecular formula is C37H66N2O7. The average Bonchev–Trinajstić information content (AvgIpc) is 3.03. The highest BCUT2D eigenvalue weighted by Crippen LogP contribution is 2.18. The third-order valence-corrected chi connectivity index (χ3v) is 7.95. The summed E-state index contributed by atoms with van der Waals surface area (Å²) in [7, 11) is 0. The third-order valence-electron chi connectivity index (χ3n) is 7.95. The fraction of sp³-hybridized carbons (Fsp3) is 0.784. The molecule has 0 radical (unpaired) electrons. The zero-order valence-electron chi connectivity index (χ0n) is 29.1. The van der Waals surface area contributed by atoms with E-state index in [0.717, 1.165) is 77.0 Å². The van der Waals surface area contributed by atoms with Crippen LogP contribution in [0.1, 0.15) is 162 Å². The highest BCUT2D eigenvalue weighted by molar-refractivity contribution is 5.87. The van der Waals surface area contributed by atoms with Gasteiger partial charge in [0.15, 0.2) is 0 Å². The maximum Gasteiger partial charge on any atom is 0.328 e. The highest BCUT2D eigenvalue weighted by Gasteiger charge is 2.19. The fourth-order valence-corrected chi connectivity index (χ4v) is 5.08. The molecule has 9 heteroatoms. The molecule has 0 aliphatic rings. The van der Waals surface area contributed by atoms with Gasteiger partial charge >= 0.3 is 11.9 Å². The molecule has 0 aromatic heterocycles. The van der Waals surface area contributed by atoms with Gasteiger partial charge < -0.3 is 25.6 Å². The van der Waals surface area contributed by atoms with Crippen molar-refractivity contribution in [3.63, 3.8) is 0 Å². The van der Waals surface area contributed by atoms with E-state index in [-0.39, 0.29) is 30.9 Å². The van der Waals surface area contributed by atoms with Crippen molar-refractivity contribution in [3.05, 3.63) is 24.3 Å². The zero-order valence-corrected chi connectivity index (χ0v) is 29.1. The molecule has 0 aromatic carbocycles. The molecule has 2 amide bonds. The van der Waals surface area contributed by atoms with Gasteiger partial charge in [-0.2, -0.15) is 0 Å². The number of unbranched alkanes of at least 4 members (excludes halogenated alkanes) is 14. The Morgan fingerprint density at radius 3 is 1.80 bits per heavy atom. The molecule has 0 aliphatic carbocycles. The van der Waals surface area contributed by atoms with Crippen LogP contribution in [0.5, 0.6) is 0 Å². The minimum atomic E-state index is -1.38. The highest BCUT2D eigenvalue weighted by atomic mass is 16.5. The van der Waals surface area contributed by atoms with Crippen LogP contribution in [-0.4, -0.2) is 59.3 Å². The second-order valence-corrected chi connectivity index (χ2v) is 12.3. The molecule has 0 aliphatic heterocycles.